The molecule has 0 N–H and O–H groups in total. The molecule has 0 atom stereocenters. The van der Waals surface area contributed by atoms with Crippen LogP contribution in [0.25, 0.3) is 121 Å². The van der Waals surface area contributed by atoms with Crippen molar-refractivity contribution < 1.29 is 8.83 Å². The molecule has 0 amide bonds. The van der Waals surface area contributed by atoms with Gasteiger partial charge in [0.2, 0.25) is 0 Å². The molecule has 8 aromatic carbocycles. The predicted octanol–water partition coefficient (Wildman–Crippen LogP) is 14.4. The first-order valence-electron chi connectivity index (χ1n) is 19.6. The lowest BCUT2D eigenvalue weighted by Gasteiger charge is -2.17. The highest BCUT2D eigenvalue weighted by Gasteiger charge is 2.25. The Morgan fingerprint density at radius 1 is 0.362 bits per heavy atom. The maximum absolute atomic E-state index is 6.76. The number of hydrogen-bond donors (Lipinski definition) is 0. The van der Waals surface area contributed by atoms with E-state index in [2.05, 4.69) is 178 Å². The highest BCUT2D eigenvalue weighted by molar-refractivity contribution is 6.20. The lowest BCUT2D eigenvalue weighted by atomic mass is 9.90. The van der Waals surface area contributed by atoms with Crippen LogP contribution in [0, 0.1) is 0 Å². The van der Waals surface area contributed by atoms with E-state index in [-0.39, 0.29) is 0 Å². The highest BCUT2D eigenvalue weighted by atomic mass is 16.3. The lowest BCUT2D eigenvalue weighted by Crippen LogP contribution is -1.97. The molecule has 0 aliphatic heterocycles. The number of fused-ring (bicyclic) bond motifs is 12. The summed E-state index contributed by atoms with van der Waals surface area (Å²) in [7, 11) is 0. The van der Waals surface area contributed by atoms with Crippen molar-refractivity contribution in [1.82, 2.24) is 14.1 Å². The molecule has 0 radical (unpaired) electrons. The predicted molar refractivity (Wildman–Crippen MR) is 238 cm³/mol. The van der Waals surface area contributed by atoms with E-state index in [9.17, 15) is 0 Å². The van der Waals surface area contributed by atoms with Gasteiger partial charge >= 0.3 is 0 Å². The first-order valence-corrected chi connectivity index (χ1v) is 19.6. The van der Waals surface area contributed by atoms with Gasteiger partial charge < -0.3 is 18.0 Å². The summed E-state index contributed by atoms with van der Waals surface area (Å²) in [5, 5.41) is 8.98. The van der Waals surface area contributed by atoms with Crippen molar-refractivity contribution in [2.75, 3.05) is 0 Å². The van der Waals surface area contributed by atoms with Crippen LogP contribution >= 0.6 is 0 Å². The molecular formula is C53H31N3O2. The Morgan fingerprint density at radius 2 is 0.966 bits per heavy atom. The Morgan fingerprint density at radius 3 is 1.81 bits per heavy atom. The number of hydrogen-bond acceptors (Lipinski definition) is 3. The van der Waals surface area contributed by atoms with E-state index in [0.29, 0.717) is 0 Å². The van der Waals surface area contributed by atoms with Crippen molar-refractivity contribution in [2.24, 2.45) is 0 Å². The third-order valence-corrected chi connectivity index (χ3v) is 12.0. The molecule has 0 aliphatic carbocycles. The molecule has 5 heteroatoms. The monoisotopic (exact) mass is 741 g/mol. The van der Waals surface area contributed by atoms with Crippen molar-refractivity contribution in [2.45, 2.75) is 0 Å². The maximum atomic E-state index is 6.76. The van der Waals surface area contributed by atoms with Gasteiger partial charge in [0.25, 0.3) is 0 Å². The minimum Gasteiger partial charge on any atom is -0.455 e. The lowest BCUT2D eigenvalue weighted by molar-refractivity contribution is 0.666. The second-order valence-electron chi connectivity index (χ2n) is 15.1. The zero-order valence-corrected chi connectivity index (χ0v) is 31.1. The Bertz CT molecular complexity index is 3810. The fraction of sp³-hybridized carbons (Fsp3) is 0. The minimum atomic E-state index is 0.819. The quantitative estimate of drug-likeness (QED) is 0.180. The number of aromatic nitrogens is 3. The van der Waals surface area contributed by atoms with Crippen molar-refractivity contribution in [3.63, 3.8) is 0 Å². The van der Waals surface area contributed by atoms with Crippen molar-refractivity contribution in [1.29, 1.82) is 0 Å². The van der Waals surface area contributed by atoms with Crippen molar-refractivity contribution in [3.8, 4) is 33.6 Å². The first kappa shape index (κ1) is 31.3. The third-order valence-electron chi connectivity index (χ3n) is 12.0. The number of benzene rings is 8. The normalized spacial score (nSPS) is 12.1. The van der Waals surface area contributed by atoms with Crippen LogP contribution < -0.4 is 0 Å². The molecule has 0 unspecified atom stereocenters. The van der Waals surface area contributed by atoms with Crippen LogP contribution in [0.3, 0.4) is 0 Å². The standard InChI is InChI=1S/C53H31N3O2/c1-2-13-32(14-3-1)55-45-23-7-5-16-34(45)43-29-41(42(30-48(43)55)39-20-11-21-40-44-31-54-28-27-50(44)57-52(39)40)37-19-10-18-36-33-15-4-8-24-46(33)56(51(36)37)47-25-12-22-38-35-17-6-9-26-49(35)58-53(38)47/h1-31H. The molecular weight excluding hydrogens is 711 g/mol. The third kappa shape index (κ3) is 4.27. The van der Waals surface area contributed by atoms with Crippen molar-refractivity contribution >= 4 is 87.5 Å². The van der Waals surface area contributed by atoms with E-state index in [1.165, 1.54) is 21.5 Å². The summed E-state index contributed by atoms with van der Waals surface area (Å²) in [5.41, 5.74) is 14.4. The molecule has 0 fully saturated rings. The van der Waals surface area contributed by atoms with Gasteiger partial charge in [-0.05, 0) is 65.7 Å². The number of nitrogens with zero attached hydrogens (tertiary/aromatic N) is 3. The molecule has 0 saturated carbocycles. The number of furan rings is 2. The maximum Gasteiger partial charge on any atom is 0.159 e. The Hall–Kier alpha value is -7.89. The topological polar surface area (TPSA) is 49.0 Å². The van der Waals surface area contributed by atoms with Crippen LogP contribution in [0.2, 0.25) is 0 Å². The Labute approximate surface area is 331 Å². The summed E-state index contributed by atoms with van der Waals surface area (Å²) in [4.78, 5) is 4.47. The van der Waals surface area contributed by atoms with Gasteiger partial charge in [-0.2, -0.15) is 0 Å². The summed E-state index contributed by atoms with van der Waals surface area (Å²) < 4.78 is 18.3. The Balaban J connectivity index is 1.21. The molecule has 5 nitrogen and oxygen atoms in total. The van der Waals surface area contributed by atoms with E-state index < -0.39 is 0 Å². The molecule has 0 saturated heterocycles. The van der Waals surface area contributed by atoms with E-state index >= 15 is 0 Å². The number of rotatable bonds is 4. The molecule has 13 rings (SSSR count). The molecule has 5 heterocycles. The average molecular weight is 742 g/mol. The largest absolute Gasteiger partial charge is 0.455 e. The fourth-order valence-corrected chi connectivity index (χ4v) is 9.56. The molecule has 270 valence electrons. The molecule has 58 heavy (non-hydrogen) atoms. The van der Waals surface area contributed by atoms with Gasteiger partial charge in [0.05, 0.1) is 27.8 Å². The highest BCUT2D eigenvalue weighted by Crippen LogP contribution is 2.48. The van der Waals surface area contributed by atoms with Crippen LogP contribution in [-0.2, 0) is 0 Å². The van der Waals surface area contributed by atoms with E-state index in [4.69, 9.17) is 8.83 Å². The second-order valence-corrected chi connectivity index (χ2v) is 15.1. The molecule has 0 aliphatic rings. The van der Waals surface area contributed by atoms with Gasteiger partial charge in [-0.1, -0.05) is 121 Å². The molecule has 5 aromatic heterocycles. The van der Waals surface area contributed by atoms with Crippen molar-refractivity contribution in [3.05, 3.63) is 188 Å². The van der Waals surface area contributed by atoms with Crippen LogP contribution in [0.4, 0.5) is 0 Å². The fourth-order valence-electron chi connectivity index (χ4n) is 9.56. The van der Waals surface area contributed by atoms with Gasteiger partial charge in [-0.15, -0.1) is 0 Å². The minimum absolute atomic E-state index is 0.819. The molecule has 0 bridgehead atoms. The SMILES string of the molecule is c1ccc(-n2c3ccccc3c3cc(-c4cccc5c6ccccc6n(-c6cccc7c6oc6ccccc67)c45)c(-c4cccc5c4oc4ccncc45)cc32)cc1. The van der Waals surface area contributed by atoms with Crippen LogP contribution in [0.1, 0.15) is 0 Å². The van der Waals surface area contributed by atoms with Crippen LogP contribution in [-0.4, -0.2) is 14.1 Å². The van der Waals surface area contributed by atoms with E-state index in [1.807, 2.05) is 18.3 Å². The summed E-state index contributed by atoms with van der Waals surface area (Å²) in [6.45, 7) is 0. The summed E-state index contributed by atoms with van der Waals surface area (Å²) in [5.74, 6) is 0. The summed E-state index contributed by atoms with van der Waals surface area (Å²) >= 11 is 0. The van der Waals surface area contributed by atoms with E-state index in [0.717, 1.165) is 99.6 Å². The summed E-state index contributed by atoms with van der Waals surface area (Å²) in [6.07, 6.45) is 3.70. The molecule has 13 aromatic rings. The first-order chi connectivity index (χ1) is 28.8. The number of para-hydroxylation sites is 7. The van der Waals surface area contributed by atoms with Gasteiger partial charge in [0, 0.05) is 72.3 Å². The average Bonchev–Trinajstić information content (AvgIpc) is 4.04. The smallest absolute Gasteiger partial charge is 0.159 e. The zero-order valence-electron chi connectivity index (χ0n) is 31.1. The zero-order chi connectivity index (χ0) is 37.9. The number of pyridine rings is 1. The Kier molecular flexibility index (Phi) is 6.38. The van der Waals surface area contributed by atoms with Crippen LogP contribution in [0.15, 0.2) is 197 Å². The van der Waals surface area contributed by atoms with Crippen LogP contribution in [0.5, 0.6) is 0 Å². The summed E-state index contributed by atoms with van der Waals surface area (Å²) in [6, 6.07) is 62.9. The van der Waals surface area contributed by atoms with E-state index in [1.54, 1.807) is 6.20 Å². The van der Waals surface area contributed by atoms with Gasteiger partial charge in [-0.25, -0.2) is 0 Å². The second kappa shape index (κ2) is 11.8. The van der Waals surface area contributed by atoms with Gasteiger partial charge in [0.15, 0.2) is 5.58 Å². The molecule has 0 spiro atoms. The van der Waals surface area contributed by atoms with Gasteiger partial charge in [-0.3, -0.25) is 4.98 Å². The van der Waals surface area contributed by atoms with Gasteiger partial charge in [0.1, 0.15) is 16.7 Å².